The van der Waals surface area contributed by atoms with Crippen LogP contribution in [0, 0.1) is 23.2 Å². The number of rotatable bonds is 3. The van der Waals surface area contributed by atoms with Gasteiger partial charge in [0, 0.05) is 22.4 Å². The minimum atomic E-state index is -0.454. The molecule has 0 saturated heterocycles. The number of nitrogens with one attached hydrogen (secondary N) is 1. The number of aliphatic hydroxyl groups is 1. The van der Waals surface area contributed by atoms with E-state index < -0.39 is 5.91 Å². The summed E-state index contributed by atoms with van der Waals surface area (Å²) in [6.45, 7) is 0. The molecule has 1 aliphatic rings. The molecule has 0 spiro atoms. The fraction of sp³-hybridized carbons (Fsp3) is 0.158. The third kappa shape index (κ3) is 2.81. The number of halogens is 1. The number of furan rings is 1. The molecule has 3 aromatic rings. The lowest BCUT2D eigenvalue weighted by Gasteiger charge is -2.05. The van der Waals surface area contributed by atoms with Crippen LogP contribution in [0.4, 0.5) is 5.69 Å². The average Bonchev–Trinajstić information content (AvgIpc) is 3.29. The first kappa shape index (κ1) is 15.6. The summed E-state index contributed by atoms with van der Waals surface area (Å²) in [4.78, 5) is 12.2. The van der Waals surface area contributed by atoms with Crippen molar-refractivity contribution in [2.24, 2.45) is 11.8 Å². The lowest BCUT2D eigenvalue weighted by atomic mass is 10.1. The monoisotopic (exact) mass is 352 g/mol. The molecule has 2 atom stereocenters. The standard InChI is InChI=1S/C19H13ClN2O3/c20-11-4-5-16-13(7-11)19-14(2-1-3-17(19)25-16)22-18(24)8-15(23)12-6-10(12)9-21/h1-5,7-8,10,12,23H,6H2,(H,22,24)/b15-8-. The zero-order valence-corrected chi connectivity index (χ0v) is 13.7. The minimum Gasteiger partial charge on any atom is -0.512 e. The SMILES string of the molecule is N#CC1CC1/C(O)=C/C(=O)Nc1cccc2oc3ccc(Cl)cc3c12. The first-order valence-corrected chi connectivity index (χ1v) is 8.16. The Bertz CT molecular complexity index is 1080. The van der Waals surface area contributed by atoms with E-state index in [0.717, 1.165) is 16.8 Å². The predicted molar refractivity (Wildman–Crippen MR) is 95.3 cm³/mol. The summed E-state index contributed by atoms with van der Waals surface area (Å²) in [6.07, 6.45) is 1.72. The van der Waals surface area contributed by atoms with Crippen molar-refractivity contribution in [2.75, 3.05) is 5.32 Å². The van der Waals surface area contributed by atoms with E-state index in [0.29, 0.717) is 28.3 Å². The van der Waals surface area contributed by atoms with E-state index in [1.807, 2.05) is 6.07 Å². The van der Waals surface area contributed by atoms with Gasteiger partial charge in [-0.2, -0.15) is 5.26 Å². The molecule has 2 N–H and O–H groups in total. The summed E-state index contributed by atoms with van der Waals surface area (Å²) in [5.41, 5.74) is 1.88. The van der Waals surface area contributed by atoms with Crippen LogP contribution in [0.3, 0.4) is 0 Å². The number of anilines is 1. The smallest absolute Gasteiger partial charge is 0.251 e. The third-order valence-corrected chi connectivity index (χ3v) is 4.57. The summed E-state index contributed by atoms with van der Waals surface area (Å²) in [5.74, 6) is -0.950. The number of fused-ring (bicyclic) bond motifs is 3. The maximum atomic E-state index is 12.2. The van der Waals surface area contributed by atoms with Gasteiger partial charge < -0.3 is 14.8 Å². The molecule has 2 aromatic carbocycles. The van der Waals surface area contributed by atoms with Crippen LogP contribution in [-0.2, 0) is 4.79 Å². The topological polar surface area (TPSA) is 86.3 Å². The molecule has 1 fully saturated rings. The highest BCUT2D eigenvalue weighted by Crippen LogP contribution is 2.42. The van der Waals surface area contributed by atoms with Crippen LogP contribution in [0.5, 0.6) is 0 Å². The number of aliphatic hydroxyl groups excluding tert-OH is 1. The van der Waals surface area contributed by atoms with Gasteiger partial charge in [-0.15, -0.1) is 0 Å². The minimum absolute atomic E-state index is 0.0590. The molecule has 1 aliphatic carbocycles. The van der Waals surface area contributed by atoms with Gasteiger partial charge in [0.05, 0.1) is 23.1 Å². The Balaban J connectivity index is 1.69. The van der Waals surface area contributed by atoms with Crippen molar-refractivity contribution in [1.29, 1.82) is 5.26 Å². The number of hydrogen-bond acceptors (Lipinski definition) is 4. The number of nitriles is 1. The molecule has 5 nitrogen and oxygen atoms in total. The van der Waals surface area contributed by atoms with Crippen molar-refractivity contribution >= 4 is 45.1 Å². The largest absolute Gasteiger partial charge is 0.512 e. The quantitative estimate of drug-likeness (QED) is 0.524. The summed E-state index contributed by atoms with van der Waals surface area (Å²) in [6, 6.07) is 12.7. The lowest BCUT2D eigenvalue weighted by Crippen LogP contribution is -2.09. The van der Waals surface area contributed by atoms with Crippen LogP contribution in [0.15, 0.2) is 52.7 Å². The van der Waals surface area contributed by atoms with E-state index in [1.165, 1.54) is 0 Å². The van der Waals surface area contributed by atoms with E-state index in [-0.39, 0.29) is 17.6 Å². The van der Waals surface area contributed by atoms with Crippen LogP contribution in [0.25, 0.3) is 21.9 Å². The Morgan fingerprint density at radius 1 is 1.36 bits per heavy atom. The number of amides is 1. The second-order valence-corrected chi connectivity index (χ2v) is 6.49. The molecule has 0 aliphatic heterocycles. The van der Waals surface area contributed by atoms with Crippen molar-refractivity contribution in [2.45, 2.75) is 6.42 Å². The molecule has 1 aromatic heterocycles. The fourth-order valence-electron chi connectivity index (χ4n) is 2.98. The number of carbonyl (C=O) groups is 1. The van der Waals surface area contributed by atoms with Crippen LogP contribution < -0.4 is 5.32 Å². The van der Waals surface area contributed by atoms with E-state index in [2.05, 4.69) is 11.4 Å². The Morgan fingerprint density at radius 2 is 2.20 bits per heavy atom. The molecule has 1 amide bonds. The summed E-state index contributed by atoms with van der Waals surface area (Å²) >= 11 is 6.07. The molecule has 6 heteroatoms. The fourth-order valence-corrected chi connectivity index (χ4v) is 3.15. The second-order valence-electron chi connectivity index (χ2n) is 6.06. The first-order valence-electron chi connectivity index (χ1n) is 7.79. The number of allylic oxidation sites excluding steroid dienone is 1. The highest BCUT2D eigenvalue weighted by molar-refractivity contribution is 6.32. The van der Waals surface area contributed by atoms with Gasteiger partial charge in [-0.3, -0.25) is 4.79 Å². The molecule has 124 valence electrons. The predicted octanol–water partition coefficient (Wildman–Crippen LogP) is 4.78. The Labute approximate surface area is 148 Å². The number of nitrogens with zero attached hydrogens (tertiary/aromatic N) is 1. The highest BCUT2D eigenvalue weighted by Gasteiger charge is 2.40. The maximum absolute atomic E-state index is 12.2. The van der Waals surface area contributed by atoms with Gasteiger partial charge in [-0.25, -0.2) is 0 Å². The van der Waals surface area contributed by atoms with Crippen LogP contribution in [-0.4, -0.2) is 11.0 Å². The molecule has 1 heterocycles. The molecule has 0 radical (unpaired) electrons. The molecular weight excluding hydrogens is 340 g/mol. The van der Waals surface area contributed by atoms with E-state index >= 15 is 0 Å². The van der Waals surface area contributed by atoms with Gasteiger partial charge in [0.2, 0.25) is 0 Å². The number of hydrogen-bond donors (Lipinski definition) is 2. The van der Waals surface area contributed by atoms with Crippen LogP contribution >= 0.6 is 11.6 Å². The van der Waals surface area contributed by atoms with Crippen LogP contribution in [0.1, 0.15) is 6.42 Å². The lowest BCUT2D eigenvalue weighted by molar-refractivity contribution is -0.112. The van der Waals surface area contributed by atoms with Crippen molar-refractivity contribution < 1.29 is 14.3 Å². The highest BCUT2D eigenvalue weighted by atomic mass is 35.5. The Morgan fingerprint density at radius 3 is 2.96 bits per heavy atom. The van der Waals surface area contributed by atoms with Crippen molar-refractivity contribution in [3.8, 4) is 6.07 Å². The Hall–Kier alpha value is -2.97. The number of carbonyl (C=O) groups excluding carboxylic acids is 1. The van der Waals surface area contributed by atoms with Gasteiger partial charge >= 0.3 is 0 Å². The van der Waals surface area contributed by atoms with E-state index in [1.54, 1.807) is 30.3 Å². The van der Waals surface area contributed by atoms with Crippen molar-refractivity contribution in [3.63, 3.8) is 0 Å². The van der Waals surface area contributed by atoms with Crippen molar-refractivity contribution in [3.05, 3.63) is 53.3 Å². The first-order chi connectivity index (χ1) is 12.1. The van der Waals surface area contributed by atoms with Gasteiger partial charge in [0.25, 0.3) is 5.91 Å². The molecule has 25 heavy (non-hydrogen) atoms. The molecule has 0 bridgehead atoms. The summed E-state index contributed by atoms with van der Waals surface area (Å²) in [5, 5.41) is 23.6. The van der Waals surface area contributed by atoms with Crippen molar-refractivity contribution in [1.82, 2.24) is 0 Å². The summed E-state index contributed by atoms with van der Waals surface area (Å²) in [7, 11) is 0. The zero-order chi connectivity index (χ0) is 17.6. The van der Waals surface area contributed by atoms with E-state index in [9.17, 15) is 9.90 Å². The Kier molecular flexibility index (Phi) is 3.63. The average molecular weight is 353 g/mol. The van der Waals surface area contributed by atoms with Gasteiger partial charge in [-0.1, -0.05) is 17.7 Å². The maximum Gasteiger partial charge on any atom is 0.251 e. The van der Waals surface area contributed by atoms with Gasteiger partial charge in [-0.05, 0) is 36.8 Å². The normalized spacial score (nSPS) is 19.8. The van der Waals surface area contributed by atoms with Gasteiger partial charge in [0.15, 0.2) is 0 Å². The number of benzene rings is 2. The molecule has 1 saturated carbocycles. The molecule has 2 unspecified atom stereocenters. The molecule has 4 rings (SSSR count). The summed E-state index contributed by atoms with van der Waals surface area (Å²) < 4.78 is 5.78. The zero-order valence-electron chi connectivity index (χ0n) is 13.0. The second kappa shape index (κ2) is 5.83. The third-order valence-electron chi connectivity index (χ3n) is 4.33. The van der Waals surface area contributed by atoms with E-state index in [4.69, 9.17) is 21.3 Å². The van der Waals surface area contributed by atoms with Gasteiger partial charge in [0.1, 0.15) is 16.9 Å². The molecular formula is C19H13ClN2O3. The van der Waals surface area contributed by atoms with Crippen LogP contribution in [0.2, 0.25) is 5.02 Å².